The van der Waals surface area contributed by atoms with Crippen molar-refractivity contribution in [3.05, 3.63) is 51.2 Å². The van der Waals surface area contributed by atoms with Crippen LogP contribution in [0.5, 0.6) is 0 Å². The van der Waals surface area contributed by atoms with E-state index in [1.54, 1.807) is 6.07 Å². The molecule has 160 valence electrons. The standard InChI is InChI=1S/C22H28FN5O2/c23-18-13-16(3-4-20(18)27-6-1-2-7-27)14-26-8-5-17-19(15-26)24-22(25-21(17)29)28-9-11-30-12-10-28/h3-4,13H,1-2,5-12,14-15H2,(H,24,25,29). The molecule has 0 atom stereocenters. The third kappa shape index (κ3) is 3.94. The van der Waals surface area contributed by atoms with Crippen LogP contribution in [0.4, 0.5) is 16.0 Å². The lowest BCUT2D eigenvalue weighted by Crippen LogP contribution is -2.40. The molecule has 2 saturated heterocycles. The number of nitrogens with one attached hydrogen (secondary N) is 1. The quantitative estimate of drug-likeness (QED) is 0.826. The summed E-state index contributed by atoms with van der Waals surface area (Å²) in [7, 11) is 0. The van der Waals surface area contributed by atoms with Gasteiger partial charge in [-0.05, 0) is 37.0 Å². The number of anilines is 2. The predicted molar refractivity (Wildman–Crippen MR) is 114 cm³/mol. The molecule has 0 radical (unpaired) electrons. The average molecular weight is 413 g/mol. The largest absolute Gasteiger partial charge is 0.378 e. The van der Waals surface area contributed by atoms with Crippen LogP contribution in [0.15, 0.2) is 23.0 Å². The number of aromatic nitrogens is 2. The van der Waals surface area contributed by atoms with E-state index in [1.807, 2.05) is 12.1 Å². The first-order valence-electron chi connectivity index (χ1n) is 10.9. The van der Waals surface area contributed by atoms with Crippen LogP contribution < -0.4 is 15.4 Å². The molecule has 3 aliphatic heterocycles. The number of hydrogen-bond donors (Lipinski definition) is 1. The van der Waals surface area contributed by atoms with Crippen LogP contribution in [0.2, 0.25) is 0 Å². The molecule has 0 spiro atoms. The summed E-state index contributed by atoms with van der Waals surface area (Å²) < 4.78 is 20.1. The second-order valence-electron chi connectivity index (χ2n) is 8.35. The zero-order valence-corrected chi connectivity index (χ0v) is 17.2. The molecule has 7 nitrogen and oxygen atoms in total. The number of aromatic amines is 1. The summed E-state index contributed by atoms with van der Waals surface area (Å²) in [6.07, 6.45) is 2.93. The van der Waals surface area contributed by atoms with E-state index in [0.29, 0.717) is 44.4 Å². The van der Waals surface area contributed by atoms with Crippen molar-refractivity contribution in [2.45, 2.75) is 32.4 Å². The van der Waals surface area contributed by atoms with Crippen LogP contribution in [0, 0.1) is 5.82 Å². The monoisotopic (exact) mass is 413 g/mol. The van der Waals surface area contributed by atoms with Crippen molar-refractivity contribution in [2.75, 3.05) is 55.7 Å². The highest BCUT2D eigenvalue weighted by Crippen LogP contribution is 2.26. The Morgan fingerprint density at radius 3 is 2.63 bits per heavy atom. The fourth-order valence-electron chi connectivity index (χ4n) is 4.66. The Hall–Kier alpha value is -2.45. The maximum atomic E-state index is 14.7. The number of benzene rings is 1. The zero-order valence-electron chi connectivity index (χ0n) is 17.2. The van der Waals surface area contributed by atoms with Gasteiger partial charge in [-0.1, -0.05) is 6.07 Å². The van der Waals surface area contributed by atoms with Gasteiger partial charge in [0.2, 0.25) is 5.95 Å². The maximum absolute atomic E-state index is 14.7. The summed E-state index contributed by atoms with van der Waals surface area (Å²) in [6, 6.07) is 5.59. The van der Waals surface area contributed by atoms with Crippen molar-refractivity contribution in [3.63, 3.8) is 0 Å². The minimum absolute atomic E-state index is 0.0397. The number of nitrogens with zero attached hydrogens (tertiary/aromatic N) is 4. The summed E-state index contributed by atoms with van der Waals surface area (Å²) in [6.45, 7) is 6.64. The van der Waals surface area contributed by atoms with Crippen molar-refractivity contribution in [1.82, 2.24) is 14.9 Å². The molecule has 30 heavy (non-hydrogen) atoms. The number of hydrogen-bond acceptors (Lipinski definition) is 6. The number of rotatable bonds is 4. The third-order valence-electron chi connectivity index (χ3n) is 6.32. The zero-order chi connectivity index (χ0) is 20.5. The van der Waals surface area contributed by atoms with Gasteiger partial charge in [0, 0.05) is 51.4 Å². The first kappa shape index (κ1) is 19.5. The van der Waals surface area contributed by atoms with Crippen LogP contribution in [-0.4, -0.2) is 60.8 Å². The van der Waals surface area contributed by atoms with E-state index in [4.69, 9.17) is 9.72 Å². The molecule has 0 unspecified atom stereocenters. The Kier molecular flexibility index (Phi) is 5.43. The second-order valence-corrected chi connectivity index (χ2v) is 8.35. The number of morpholine rings is 1. The molecule has 2 aromatic rings. The fraction of sp³-hybridized carbons (Fsp3) is 0.545. The van der Waals surface area contributed by atoms with Gasteiger partial charge in [0.25, 0.3) is 5.56 Å². The molecule has 3 aliphatic rings. The molecule has 1 aromatic carbocycles. The van der Waals surface area contributed by atoms with E-state index >= 15 is 0 Å². The van der Waals surface area contributed by atoms with Crippen molar-refractivity contribution in [3.8, 4) is 0 Å². The van der Waals surface area contributed by atoms with Crippen molar-refractivity contribution in [2.24, 2.45) is 0 Å². The molecule has 0 bridgehead atoms. The summed E-state index contributed by atoms with van der Waals surface area (Å²) in [5.74, 6) is 0.487. The minimum atomic E-state index is -0.143. The summed E-state index contributed by atoms with van der Waals surface area (Å²) in [5, 5.41) is 0. The first-order chi connectivity index (χ1) is 14.7. The lowest BCUT2D eigenvalue weighted by atomic mass is 10.1. The molecule has 4 heterocycles. The Bertz CT molecular complexity index is 966. The summed E-state index contributed by atoms with van der Waals surface area (Å²) in [5.41, 5.74) is 3.24. The molecular formula is C22H28FN5O2. The van der Waals surface area contributed by atoms with Gasteiger partial charge in [0.05, 0.1) is 24.6 Å². The highest BCUT2D eigenvalue weighted by molar-refractivity contribution is 5.50. The van der Waals surface area contributed by atoms with E-state index in [2.05, 4.69) is 19.7 Å². The summed E-state index contributed by atoms with van der Waals surface area (Å²) >= 11 is 0. The highest BCUT2D eigenvalue weighted by atomic mass is 19.1. The van der Waals surface area contributed by atoms with Gasteiger partial charge in [-0.15, -0.1) is 0 Å². The average Bonchev–Trinajstić information content (AvgIpc) is 3.29. The lowest BCUT2D eigenvalue weighted by molar-refractivity contribution is 0.122. The molecule has 1 aromatic heterocycles. The van der Waals surface area contributed by atoms with Gasteiger partial charge >= 0.3 is 0 Å². The smallest absolute Gasteiger partial charge is 0.255 e. The minimum Gasteiger partial charge on any atom is -0.378 e. The van der Waals surface area contributed by atoms with Gasteiger partial charge in [0.15, 0.2) is 0 Å². The van der Waals surface area contributed by atoms with Gasteiger partial charge in [-0.3, -0.25) is 14.7 Å². The van der Waals surface area contributed by atoms with Gasteiger partial charge in [-0.25, -0.2) is 9.37 Å². The van der Waals surface area contributed by atoms with Crippen LogP contribution in [0.3, 0.4) is 0 Å². The van der Waals surface area contributed by atoms with Crippen molar-refractivity contribution in [1.29, 1.82) is 0 Å². The molecule has 0 saturated carbocycles. The van der Waals surface area contributed by atoms with Crippen LogP contribution in [0.1, 0.15) is 29.7 Å². The van der Waals surface area contributed by atoms with Gasteiger partial charge in [0.1, 0.15) is 5.82 Å². The number of fused-ring (bicyclic) bond motifs is 1. The Morgan fingerprint density at radius 2 is 1.87 bits per heavy atom. The number of halogens is 1. The van der Waals surface area contributed by atoms with E-state index in [9.17, 15) is 9.18 Å². The first-order valence-corrected chi connectivity index (χ1v) is 10.9. The fourth-order valence-corrected chi connectivity index (χ4v) is 4.66. The topological polar surface area (TPSA) is 64.7 Å². The third-order valence-corrected chi connectivity index (χ3v) is 6.32. The van der Waals surface area contributed by atoms with E-state index in [0.717, 1.165) is 62.4 Å². The van der Waals surface area contributed by atoms with E-state index < -0.39 is 0 Å². The molecule has 0 amide bonds. The van der Waals surface area contributed by atoms with Crippen molar-refractivity contribution >= 4 is 11.6 Å². The predicted octanol–water partition coefficient (Wildman–Crippen LogP) is 1.90. The Labute approximate surface area is 175 Å². The van der Waals surface area contributed by atoms with E-state index in [-0.39, 0.29) is 11.4 Å². The molecular weight excluding hydrogens is 385 g/mol. The molecule has 8 heteroatoms. The highest BCUT2D eigenvalue weighted by Gasteiger charge is 2.24. The van der Waals surface area contributed by atoms with E-state index in [1.165, 1.54) is 0 Å². The molecule has 2 fully saturated rings. The van der Waals surface area contributed by atoms with Crippen LogP contribution in [0.25, 0.3) is 0 Å². The van der Waals surface area contributed by atoms with Gasteiger partial charge < -0.3 is 14.5 Å². The van der Waals surface area contributed by atoms with Crippen molar-refractivity contribution < 1.29 is 9.13 Å². The Morgan fingerprint density at radius 1 is 1.07 bits per heavy atom. The van der Waals surface area contributed by atoms with Gasteiger partial charge in [-0.2, -0.15) is 0 Å². The second kappa shape index (κ2) is 8.35. The van der Waals surface area contributed by atoms with Crippen LogP contribution in [-0.2, 0) is 24.2 Å². The number of ether oxygens (including phenoxy) is 1. The lowest BCUT2D eigenvalue weighted by Gasteiger charge is -2.31. The maximum Gasteiger partial charge on any atom is 0.255 e. The SMILES string of the molecule is O=c1[nH]c(N2CCOCC2)nc2c1CCN(Cc1ccc(N3CCCC3)c(F)c1)C2. The molecule has 5 rings (SSSR count). The molecule has 1 N–H and O–H groups in total. The normalized spacial score (nSPS) is 19.9. The molecule has 0 aliphatic carbocycles. The van der Waals surface area contributed by atoms with Crippen LogP contribution >= 0.6 is 0 Å². The number of H-pyrrole nitrogens is 1. The Balaban J connectivity index is 1.31. The summed E-state index contributed by atoms with van der Waals surface area (Å²) in [4.78, 5) is 26.7.